The molecular formula is C47H86NO9P. The van der Waals surface area contributed by atoms with Crippen molar-refractivity contribution in [1.29, 1.82) is 0 Å². The predicted octanol–water partition coefficient (Wildman–Crippen LogP) is 13.0. The number of phosphoric ester groups is 1. The molecule has 0 aliphatic rings. The zero-order chi connectivity index (χ0) is 42.6. The van der Waals surface area contributed by atoms with Crippen LogP contribution >= 0.6 is 7.82 Å². The normalized spacial score (nSPS) is 14.3. The Labute approximate surface area is 354 Å². The van der Waals surface area contributed by atoms with Crippen LogP contribution in [0.3, 0.4) is 0 Å². The maximum atomic E-state index is 12.7. The van der Waals surface area contributed by atoms with Crippen LogP contribution in [0.5, 0.6) is 0 Å². The number of rotatable bonds is 44. The molecule has 0 aliphatic heterocycles. The van der Waals surface area contributed by atoms with Gasteiger partial charge < -0.3 is 25.2 Å². The van der Waals surface area contributed by atoms with E-state index in [2.05, 4.69) is 62.5 Å². The summed E-state index contributed by atoms with van der Waals surface area (Å²) in [6.07, 6.45) is 50.1. The molecule has 0 amide bonds. The van der Waals surface area contributed by atoms with Crippen molar-refractivity contribution >= 4 is 19.8 Å². The maximum Gasteiger partial charge on any atom is 0.472 e. The summed E-state index contributed by atoms with van der Waals surface area (Å²) in [5.74, 6) is -1.79. The van der Waals surface area contributed by atoms with Crippen molar-refractivity contribution < 1.29 is 42.7 Å². The average Bonchev–Trinajstić information content (AvgIpc) is 3.20. The van der Waals surface area contributed by atoms with Crippen molar-refractivity contribution in [2.24, 2.45) is 5.73 Å². The van der Waals surface area contributed by atoms with Crippen molar-refractivity contribution in [3.63, 3.8) is 0 Å². The van der Waals surface area contributed by atoms with E-state index in [1.807, 2.05) is 0 Å². The topological polar surface area (TPSA) is 155 Å². The molecule has 0 fully saturated rings. The number of carboxylic acids is 1. The lowest BCUT2D eigenvalue weighted by atomic mass is 10.0. The molecule has 58 heavy (non-hydrogen) atoms. The Morgan fingerprint density at radius 1 is 0.569 bits per heavy atom. The van der Waals surface area contributed by atoms with Crippen LogP contribution in [0, 0.1) is 0 Å². The molecule has 0 bridgehead atoms. The monoisotopic (exact) mass is 840 g/mol. The van der Waals surface area contributed by atoms with Crippen LogP contribution in [0.4, 0.5) is 0 Å². The number of ether oxygens (including phenoxy) is 2. The number of carboxylic acid groups (broad SMARTS) is 1. The second-order valence-corrected chi connectivity index (χ2v) is 17.0. The zero-order valence-corrected chi connectivity index (χ0v) is 37.8. The second kappa shape index (κ2) is 43.0. The van der Waals surface area contributed by atoms with Crippen LogP contribution in [0.2, 0.25) is 0 Å². The summed E-state index contributed by atoms with van der Waals surface area (Å²) in [4.78, 5) is 33.6. The van der Waals surface area contributed by atoms with Gasteiger partial charge in [-0.2, -0.15) is 0 Å². The van der Waals surface area contributed by atoms with Crippen LogP contribution in [0.25, 0.3) is 0 Å². The lowest BCUT2D eigenvalue weighted by Crippen LogP contribution is -2.34. The van der Waals surface area contributed by atoms with E-state index < -0.39 is 45.1 Å². The molecule has 0 aromatic carbocycles. The Bertz CT molecular complexity index is 1110. The summed E-state index contributed by atoms with van der Waals surface area (Å²) in [6, 6.07) is -1.48. The SMILES string of the molecule is CC/C=C\C/C=C\C/C=C\C/C=C\CCCCCCCCC(=O)OC(COCCCCCCCCCCCCCCCCCCC)COP(=O)(O)OCC(N)C(=O)O. The summed E-state index contributed by atoms with van der Waals surface area (Å²) < 4.78 is 33.4. The number of nitrogens with two attached hydrogens (primary N) is 1. The number of aliphatic carboxylic acids is 1. The van der Waals surface area contributed by atoms with Gasteiger partial charge in [0.15, 0.2) is 0 Å². The quantitative estimate of drug-likeness (QED) is 0.0234. The van der Waals surface area contributed by atoms with Crippen molar-refractivity contribution in [2.45, 2.75) is 212 Å². The summed E-state index contributed by atoms with van der Waals surface area (Å²) in [7, 11) is -4.62. The number of hydrogen-bond acceptors (Lipinski definition) is 8. The number of unbranched alkanes of at least 4 members (excludes halogenated alkanes) is 22. The largest absolute Gasteiger partial charge is 0.480 e. The second-order valence-electron chi connectivity index (χ2n) is 15.5. The fraction of sp³-hybridized carbons (Fsp3) is 0.787. The summed E-state index contributed by atoms with van der Waals surface area (Å²) >= 11 is 0. The third-order valence-electron chi connectivity index (χ3n) is 9.87. The molecule has 0 spiro atoms. The summed E-state index contributed by atoms with van der Waals surface area (Å²) in [5, 5.41) is 8.91. The number of phosphoric acid groups is 1. The Morgan fingerprint density at radius 2 is 1.00 bits per heavy atom. The van der Waals surface area contributed by atoms with Gasteiger partial charge in [0.05, 0.1) is 19.8 Å². The highest BCUT2D eigenvalue weighted by Gasteiger charge is 2.27. The lowest BCUT2D eigenvalue weighted by Gasteiger charge is -2.20. The smallest absolute Gasteiger partial charge is 0.472 e. The predicted molar refractivity (Wildman–Crippen MR) is 240 cm³/mol. The van der Waals surface area contributed by atoms with Gasteiger partial charge in [-0.1, -0.05) is 191 Å². The van der Waals surface area contributed by atoms with E-state index in [9.17, 15) is 19.0 Å². The number of carbonyl (C=O) groups is 2. The van der Waals surface area contributed by atoms with Gasteiger partial charge in [0, 0.05) is 13.0 Å². The van der Waals surface area contributed by atoms with Gasteiger partial charge in [0.2, 0.25) is 0 Å². The molecule has 3 atom stereocenters. The van der Waals surface area contributed by atoms with Gasteiger partial charge in [-0.25, -0.2) is 4.57 Å². The molecule has 338 valence electrons. The van der Waals surface area contributed by atoms with E-state index in [4.69, 9.17) is 29.4 Å². The van der Waals surface area contributed by atoms with Crippen LogP contribution in [-0.4, -0.2) is 60.5 Å². The zero-order valence-electron chi connectivity index (χ0n) is 36.9. The molecule has 0 radical (unpaired) electrons. The molecule has 4 N–H and O–H groups in total. The Morgan fingerprint density at radius 3 is 1.50 bits per heavy atom. The van der Waals surface area contributed by atoms with E-state index in [1.165, 1.54) is 89.9 Å². The molecule has 0 rings (SSSR count). The Kier molecular flexibility index (Phi) is 41.5. The highest BCUT2D eigenvalue weighted by Crippen LogP contribution is 2.43. The number of hydrogen-bond donors (Lipinski definition) is 3. The van der Waals surface area contributed by atoms with Crippen LogP contribution in [-0.2, 0) is 32.7 Å². The van der Waals surface area contributed by atoms with Crippen LogP contribution < -0.4 is 5.73 Å². The van der Waals surface area contributed by atoms with E-state index in [0.717, 1.165) is 83.5 Å². The van der Waals surface area contributed by atoms with Crippen LogP contribution in [0.1, 0.15) is 200 Å². The third kappa shape index (κ3) is 42.1. The van der Waals surface area contributed by atoms with Crippen molar-refractivity contribution in [3.8, 4) is 0 Å². The summed E-state index contributed by atoms with van der Waals surface area (Å²) in [6.45, 7) is 3.77. The van der Waals surface area contributed by atoms with E-state index >= 15 is 0 Å². The minimum Gasteiger partial charge on any atom is -0.480 e. The fourth-order valence-electron chi connectivity index (χ4n) is 6.30. The standard InChI is InChI=1S/C47H86NO9P/c1-3-5-7-9-11-13-15-17-19-21-22-23-25-27-29-31-33-35-37-39-46(49)57-44(42-55-58(52,53)56-43-45(48)47(50)51)41-54-40-38-36-34-32-30-28-26-24-20-18-16-14-12-10-8-6-4-2/h5,7,11,13,17,19,22-23,44-45H,3-4,6,8-10,12,14-16,18,20-21,24-43,48H2,1-2H3,(H,50,51)(H,52,53)/b7-5-,13-11-,19-17-,23-22-. The average molecular weight is 840 g/mol. The van der Waals surface area contributed by atoms with Crippen molar-refractivity contribution in [2.75, 3.05) is 26.4 Å². The number of allylic oxidation sites excluding steroid dienone is 8. The Hall–Kier alpha value is -2.07. The molecule has 0 aromatic heterocycles. The Balaban J connectivity index is 4.22. The molecule has 3 unspecified atom stereocenters. The molecule has 0 heterocycles. The molecule has 0 aromatic rings. The van der Waals surface area contributed by atoms with Gasteiger partial charge in [-0.05, 0) is 51.4 Å². The molecule has 11 heteroatoms. The van der Waals surface area contributed by atoms with Crippen molar-refractivity contribution in [3.05, 3.63) is 48.6 Å². The molecular weight excluding hydrogens is 753 g/mol. The number of esters is 1. The summed E-state index contributed by atoms with van der Waals surface area (Å²) in [5.41, 5.74) is 5.36. The van der Waals surface area contributed by atoms with E-state index in [1.54, 1.807) is 0 Å². The first kappa shape index (κ1) is 55.9. The lowest BCUT2D eigenvalue weighted by molar-refractivity contribution is -0.154. The fourth-order valence-corrected chi connectivity index (χ4v) is 7.08. The minimum absolute atomic E-state index is 0.0124. The molecule has 10 nitrogen and oxygen atoms in total. The van der Waals surface area contributed by atoms with Gasteiger partial charge in [-0.3, -0.25) is 18.6 Å². The molecule has 0 saturated carbocycles. The molecule has 0 aliphatic carbocycles. The first-order valence-corrected chi connectivity index (χ1v) is 24.7. The first-order chi connectivity index (χ1) is 28.2. The van der Waals surface area contributed by atoms with Gasteiger partial charge in [0.1, 0.15) is 12.1 Å². The maximum absolute atomic E-state index is 12.7. The van der Waals surface area contributed by atoms with E-state index in [-0.39, 0.29) is 13.0 Å². The third-order valence-corrected chi connectivity index (χ3v) is 10.8. The van der Waals surface area contributed by atoms with E-state index in [0.29, 0.717) is 13.0 Å². The van der Waals surface area contributed by atoms with Crippen molar-refractivity contribution in [1.82, 2.24) is 0 Å². The van der Waals surface area contributed by atoms with Crippen LogP contribution in [0.15, 0.2) is 48.6 Å². The van der Waals surface area contributed by atoms with Gasteiger partial charge >= 0.3 is 19.8 Å². The van der Waals surface area contributed by atoms with Gasteiger partial charge in [-0.15, -0.1) is 0 Å². The highest BCUT2D eigenvalue weighted by molar-refractivity contribution is 7.47. The molecule has 0 saturated heterocycles. The number of carbonyl (C=O) groups excluding carboxylic acids is 1. The first-order valence-electron chi connectivity index (χ1n) is 23.2. The van der Waals surface area contributed by atoms with Gasteiger partial charge in [0.25, 0.3) is 0 Å². The highest BCUT2D eigenvalue weighted by atomic mass is 31.2. The minimum atomic E-state index is -4.62.